The monoisotopic (exact) mass is 321 g/mol. The molecule has 1 heterocycles. The second kappa shape index (κ2) is 7.39. The minimum Gasteiger partial charge on any atom is -0.466 e. The van der Waals surface area contributed by atoms with Crippen molar-refractivity contribution < 1.29 is 9.52 Å². The van der Waals surface area contributed by atoms with Gasteiger partial charge in [-0.15, -0.1) is 0 Å². The molecule has 0 aromatic carbocycles. The first-order valence-corrected chi connectivity index (χ1v) is 8.64. The summed E-state index contributed by atoms with van der Waals surface area (Å²) in [6.07, 6.45) is 6.35. The lowest BCUT2D eigenvalue weighted by Gasteiger charge is -2.35. The van der Waals surface area contributed by atoms with Gasteiger partial charge in [-0.2, -0.15) is 0 Å². The first-order chi connectivity index (χ1) is 10.8. The molecule has 0 spiro atoms. The van der Waals surface area contributed by atoms with Crippen molar-refractivity contribution >= 4 is 5.96 Å². The Hall–Kier alpha value is -1.49. The Morgan fingerprint density at radius 3 is 2.70 bits per heavy atom. The maximum absolute atomic E-state index is 10.5. The molecule has 130 valence electrons. The van der Waals surface area contributed by atoms with Crippen LogP contribution in [0.5, 0.6) is 0 Å². The Balaban J connectivity index is 1.95. The van der Waals surface area contributed by atoms with Crippen LogP contribution in [0.2, 0.25) is 0 Å². The van der Waals surface area contributed by atoms with Crippen LogP contribution >= 0.6 is 0 Å². The molecule has 1 aromatic heterocycles. The smallest absolute Gasteiger partial charge is 0.191 e. The number of hydrogen-bond acceptors (Lipinski definition) is 3. The van der Waals surface area contributed by atoms with Crippen molar-refractivity contribution in [1.82, 2.24) is 10.6 Å². The molecule has 2 rings (SSSR count). The molecule has 23 heavy (non-hydrogen) atoms. The van der Waals surface area contributed by atoms with Gasteiger partial charge in [-0.05, 0) is 57.1 Å². The summed E-state index contributed by atoms with van der Waals surface area (Å²) >= 11 is 0. The van der Waals surface area contributed by atoms with E-state index in [2.05, 4.69) is 29.5 Å². The first-order valence-electron chi connectivity index (χ1n) is 8.64. The Kier molecular flexibility index (Phi) is 5.74. The Bertz CT molecular complexity index is 496. The number of rotatable bonds is 5. The minimum absolute atomic E-state index is 0.258. The highest BCUT2D eigenvalue weighted by Gasteiger charge is 2.28. The van der Waals surface area contributed by atoms with E-state index in [0.717, 1.165) is 25.3 Å². The van der Waals surface area contributed by atoms with Crippen LogP contribution < -0.4 is 10.6 Å². The molecule has 0 aliphatic heterocycles. The van der Waals surface area contributed by atoms with E-state index in [0.29, 0.717) is 17.2 Å². The SMILES string of the molecule is CCNC(=NCC(C)(O)c1ccco1)NC1CCC(C)(C)CC1. The topological polar surface area (TPSA) is 69.8 Å². The molecule has 1 aliphatic carbocycles. The van der Waals surface area contributed by atoms with Crippen LogP contribution in [0.3, 0.4) is 0 Å². The summed E-state index contributed by atoms with van der Waals surface area (Å²) < 4.78 is 5.30. The van der Waals surface area contributed by atoms with Gasteiger partial charge in [0.25, 0.3) is 0 Å². The van der Waals surface area contributed by atoms with Crippen molar-refractivity contribution in [2.45, 2.75) is 65.0 Å². The average molecular weight is 321 g/mol. The van der Waals surface area contributed by atoms with Crippen molar-refractivity contribution in [2.24, 2.45) is 10.4 Å². The van der Waals surface area contributed by atoms with Gasteiger partial charge in [-0.3, -0.25) is 0 Å². The number of aliphatic hydroxyl groups is 1. The summed E-state index contributed by atoms with van der Waals surface area (Å²) in [5, 5.41) is 17.3. The predicted molar refractivity (Wildman–Crippen MR) is 93.4 cm³/mol. The van der Waals surface area contributed by atoms with Crippen LogP contribution in [0.25, 0.3) is 0 Å². The molecule has 1 fully saturated rings. The molecule has 0 radical (unpaired) electrons. The molecule has 1 saturated carbocycles. The van der Waals surface area contributed by atoms with Gasteiger partial charge in [-0.25, -0.2) is 4.99 Å². The van der Waals surface area contributed by atoms with Gasteiger partial charge in [0.1, 0.15) is 11.4 Å². The molecule has 0 amide bonds. The third-order valence-corrected chi connectivity index (χ3v) is 4.62. The largest absolute Gasteiger partial charge is 0.466 e. The van der Waals surface area contributed by atoms with Gasteiger partial charge >= 0.3 is 0 Å². The number of aliphatic imine (C=N–C) groups is 1. The quantitative estimate of drug-likeness (QED) is 0.576. The number of nitrogens with zero attached hydrogens (tertiary/aromatic N) is 1. The fourth-order valence-corrected chi connectivity index (χ4v) is 2.95. The standard InChI is InChI=1S/C18H31N3O2/c1-5-19-16(21-14-8-10-17(2,3)11-9-14)20-13-18(4,22)15-7-6-12-23-15/h6-7,12,14,22H,5,8-11,13H2,1-4H3,(H2,19,20,21). The maximum atomic E-state index is 10.5. The molecule has 3 N–H and O–H groups in total. The molecule has 1 atom stereocenters. The molecular weight excluding hydrogens is 290 g/mol. The average Bonchev–Trinajstić information content (AvgIpc) is 3.02. The number of furan rings is 1. The van der Waals surface area contributed by atoms with E-state index < -0.39 is 5.60 Å². The molecule has 0 bridgehead atoms. The van der Waals surface area contributed by atoms with Gasteiger partial charge in [0.15, 0.2) is 5.96 Å². The van der Waals surface area contributed by atoms with Crippen LogP contribution in [0.1, 0.15) is 59.1 Å². The van der Waals surface area contributed by atoms with E-state index in [-0.39, 0.29) is 6.54 Å². The van der Waals surface area contributed by atoms with Crippen LogP contribution in [-0.2, 0) is 5.60 Å². The minimum atomic E-state index is -1.10. The van der Waals surface area contributed by atoms with Gasteiger partial charge in [0, 0.05) is 12.6 Å². The lowest BCUT2D eigenvalue weighted by atomic mass is 9.75. The molecule has 1 unspecified atom stereocenters. The van der Waals surface area contributed by atoms with Crippen LogP contribution in [0, 0.1) is 5.41 Å². The zero-order chi connectivity index (χ0) is 16.9. The number of nitrogens with one attached hydrogen (secondary N) is 2. The van der Waals surface area contributed by atoms with E-state index in [1.807, 2.05) is 6.92 Å². The normalized spacial score (nSPS) is 21.7. The lowest BCUT2D eigenvalue weighted by Crippen LogP contribution is -2.46. The fourth-order valence-electron chi connectivity index (χ4n) is 2.95. The third kappa shape index (κ3) is 5.27. The summed E-state index contributed by atoms with van der Waals surface area (Å²) in [5.74, 6) is 1.31. The van der Waals surface area contributed by atoms with E-state index in [4.69, 9.17) is 4.42 Å². The zero-order valence-electron chi connectivity index (χ0n) is 14.9. The Morgan fingerprint density at radius 1 is 1.43 bits per heavy atom. The van der Waals surface area contributed by atoms with Crippen molar-refractivity contribution in [3.8, 4) is 0 Å². The second-order valence-electron chi connectivity index (χ2n) is 7.53. The molecule has 1 aromatic rings. The molecule has 5 nitrogen and oxygen atoms in total. The molecular formula is C18H31N3O2. The van der Waals surface area contributed by atoms with Crippen molar-refractivity contribution in [3.05, 3.63) is 24.2 Å². The maximum Gasteiger partial charge on any atom is 0.191 e. The summed E-state index contributed by atoms with van der Waals surface area (Å²) in [4.78, 5) is 4.56. The first kappa shape index (κ1) is 17.9. The van der Waals surface area contributed by atoms with Gasteiger partial charge in [-0.1, -0.05) is 13.8 Å². The van der Waals surface area contributed by atoms with Crippen molar-refractivity contribution in [1.29, 1.82) is 0 Å². The Labute approximate surface area is 139 Å². The third-order valence-electron chi connectivity index (χ3n) is 4.62. The number of hydrogen-bond donors (Lipinski definition) is 3. The van der Waals surface area contributed by atoms with Gasteiger partial charge < -0.3 is 20.2 Å². The highest BCUT2D eigenvalue weighted by atomic mass is 16.4. The highest BCUT2D eigenvalue weighted by molar-refractivity contribution is 5.80. The number of guanidine groups is 1. The summed E-state index contributed by atoms with van der Waals surface area (Å²) in [6, 6.07) is 4.01. The van der Waals surface area contributed by atoms with E-state index in [1.54, 1.807) is 25.3 Å². The zero-order valence-corrected chi connectivity index (χ0v) is 14.9. The van der Waals surface area contributed by atoms with E-state index in [9.17, 15) is 5.11 Å². The van der Waals surface area contributed by atoms with Crippen LogP contribution in [-0.4, -0.2) is 30.2 Å². The summed E-state index contributed by atoms with van der Waals surface area (Å²) in [7, 11) is 0. The fraction of sp³-hybridized carbons (Fsp3) is 0.722. The van der Waals surface area contributed by atoms with Crippen molar-refractivity contribution in [2.75, 3.05) is 13.1 Å². The Morgan fingerprint density at radius 2 is 2.13 bits per heavy atom. The molecule has 1 aliphatic rings. The van der Waals surface area contributed by atoms with Crippen LogP contribution in [0.4, 0.5) is 0 Å². The molecule has 0 saturated heterocycles. The highest BCUT2D eigenvalue weighted by Crippen LogP contribution is 2.34. The lowest BCUT2D eigenvalue weighted by molar-refractivity contribution is 0.0436. The predicted octanol–water partition coefficient (Wildman–Crippen LogP) is 3.01. The van der Waals surface area contributed by atoms with Gasteiger partial charge in [0.05, 0.1) is 12.8 Å². The second-order valence-corrected chi connectivity index (χ2v) is 7.53. The van der Waals surface area contributed by atoms with Crippen molar-refractivity contribution in [3.63, 3.8) is 0 Å². The van der Waals surface area contributed by atoms with Gasteiger partial charge in [0.2, 0.25) is 0 Å². The van der Waals surface area contributed by atoms with E-state index >= 15 is 0 Å². The van der Waals surface area contributed by atoms with Crippen LogP contribution in [0.15, 0.2) is 27.8 Å². The molecule has 5 heteroatoms. The summed E-state index contributed by atoms with van der Waals surface area (Å²) in [6.45, 7) is 9.50. The summed E-state index contributed by atoms with van der Waals surface area (Å²) in [5.41, 5.74) is -0.642. The van der Waals surface area contributed by atoms with E-state index in [1.165, 1.54) is 12.8 Å².